The molecule has 1 unspecified atom stereocenters. The monoisotopic (exact) mass is 583 g/mol. The normalized spacial score (nSPS) is 17.2. The van der Waals surface area contributed by atoms with Crippen LogP contribution in [-0.4, -0.2) is 76.3 Å². The van der Waals surface area contributed by atoms with Crippen LogP contribution in [0.15, 0.2) is 41.6 Å². The summed E-state index contributed by atoms with van der Waals surface area (Å²) < 4.78 is 81.0. The Hall–Kier alpha value is -3.40. The first-order chi connectivity index (χ1) is 18.8. The lowest BCUT2D eigenvalue weighted by Crippen LogP contribution is -2.51. The summed E-state index contributed by atoms with van der Waals surface area (Å²) in [5, 5.41) is 27.9. The number of aryl methyl sites for hydroxylation is 2. The Morgan fingerprint density at radius 3 is 2.60 bits per heavy atom. The van der Waals surface area contributed by atoms with Crippen molar-refractivity contribution in [2.45, 2.75) is 37.2 Å². The molecule has 216 valence electrons. The van der Waals surface area contributed by atoms with E-state index in [-0.39, 0.29) is 36.8 Å². The Kier molecular flexibility index (Phi) is 8.58. The predicted octanol–water partition coefficient (Wildman–Crippen LogP) is 3.50. The summed E-state index contributed by atoms with van der Waals surface area (Å²) in [6, 6.07) is 6.72. The van der Waals surface area contributed by atoms with Crippen molar-refractivity contribution in [1.29, 1.82) is 5.41 Å². The van der Waals surface area contributed by atoms with E-state index in [1.165, 1.54) is 29.6 Å². The molecule has 0 radical (unpaired) electrons. The number of piperazine rings is 1. The first-order valence-electron chi connectivity index (χ1n) is 12.3. The molecule has 1 aliphatic heterocycles. The largest absolute Gasteiger partial charge is 0.392 e. The predicted molar refractivity (Wildman–Crippen MR) is 139 cm³/mol. The SMILES string of the molecule is Cc1cc(Nc2ccc(F)c(CO)c2)c(C=N)cc1C1CN(S(=O)(=O)c2cnn(C)n2)CCN1CCC(F)(F)F. The summed E-state index contributed by atoms with van der Waals surface area (Å²) in [6.45, 7) is 0.822. The molecule has 2 aromatic carbocycles. The summed E-state index contributed by atoms with van der Waals surface area (Å²) in [5.74, 6) is -0.566. The summed E-state index contributed by atoms with van der Waals surface area (Å²) in [5.41, 5.74) is 2.64. The number of hydrogen-bond donors (Lipinski definition) is 3. The van der Waals surface area contributed by atoms with Gasteiger partial charge in [0.15, 0.2) is 0 Å². The van der Waals surface area contributed by atoms with Crippen molar-refractivity contribution in [3.05, 3.63) is 64.6 Å². The van der Waals surface area contributed by atoms with E-state index in [9.17, 15) is 31.1 Å². The highest BCUT2D eigenvalue weighted by Gasteiger charge is 2.38. The van der Waals surface area contributed by atoms with Crippen molar-refractivity contribution in [2.75, 3.05) is 31.5 Å². The number of sulfonamides is 1. The van der Waals surface area contributed by atoms with Crippen molar-refractivity contribution in [3.63, 3.8) is 0 Å². The fourth-order valence-corrected chi connectivity index (χ4v) is 6.01. The van der Waals surface area contributed by atoms with E-state index in [1.54, 1.807) is 24.0 Å². The average molecular weight is 584 g/mol. The van der Waals surface area contributed by atoms with E-state index in [4.69, 9.17) is 5.41 Å². The minimum atomic E-state index is -4.39. The van der Waals surface area contributed by atoms with Crippen LogP contribution >= 0.6 is 0 Å². The van der Waals surface area contributed by atoms with E-state index >= 15 is 0 Å². The smallest absolute Gasteiger partial charge is 0.390 e. The van der Waals surface area contributed by atoms with Gasteiger partial charge in [-0.05, 0) is 48.4 Å². The quantitative estimate of drug-likeness (QED) is 0.260. The second kappa shape index (κ2) is 11.6. The molecule has 0 bridgehead atoms. The van der Waals surface area contributed by atoms with Crippen LogP contribution in [0.5, 0.6) is 0 Å². The summed E-state index contributed by atoms with van der Waals surface area (Å²) in [4.78, 5) is 2.72. The number of benzene rings is 2. The van der Waals surface area contributed by atoms with Gasteiger partial charge in [-0.15, -0.1) is 5.10 Å². The van der Waals surface area contributed by atoms with Gasteiger partial charge in [-0.1, -0.05) is 0 Å². The molecular formula is C25H29F4N7O3S. The highest BCUT2D eigenvalue weighted by molar-refractivity contribution is 7.89. The van der Waals surface area contributed by atoms with Crippen LogP contribution in [0, 0.1) is 18.2 Å². The van der Waals surface area contributed by atoms with Gasteiger partial charge >= 0.3 is 6.18 Å². The third kappa shape index (κ3) is 6.49. The van der Waals surface area contributed by atoms with Crippen molar-refractivity contribution < 1.29 is 31.1 Å². The van der Waals surface area contributed by atoms with E-state index in [2.05, 4.69) is 15.5 Å². The average Bonchev–Trinajstić information content (AvgIpc) is 3.35. The molecule has 2 heterocycles. The highest BCUT2D eigenvalue weighted by atomic mass is 32.2. The van der Waals surface area contributed by atoms with Gasteiger partial charge in [0.2, 0.25) is 5.03 Å². The van der Waals surface area contributed by atoms with E-state index in [0.29, 0.717) is 28.1 Å². The third-order valence-electron chi connectivity index (χ3n) is 6.77. The van der Waals surface area contributed by atoms with Gasteiger partial charge in [-0.25, -0.2) is 12.8 Å². The molecule has 1 aromatic heterocycles. The zero-order valence-corrected chi connectivity index (χ0v) is 22.6. The molecule has 1 fully saturated rings. The Balaban J connectivity index is 1.69. The number of halogens is 4. The second-order valence-corrected chi connectivity index (χ2v) is 11.4. The zero-order chi connectivity index (χ0) is 29.2. The van der Waals surface area contributed by atoms with Crippen LogP contribution in [-0.2, 0) is 23.7 Å². The number of hydrogen-bond acceptors (Lipinski definition) is 8. The molecule has 10 nitrogen and oxygen atoms in total. The fourth-order valence-electron chi connectivity index (χ4n) is 4.68. The summed E-state index contributed by atoms with van der Waals surface area (Å²) in [7, 11) is -2.58. The molecule has 1 saturated heterocycles. The lowest BCUT2D eigenvalue weighted by Gasteiger charge is -2.41. The van der Waals surface area contributed by atoms with Gasteiger partial charge in [0, 0.05) is 68.0 Å². The number of aromatic nitrogens is 3. The fraction of sp³-hybridized carbons (Fsp3) is 0.400. The summed E-state index contributed by atoms with van der Waals surface area (Å²) >= 11 is 0. The Morgan fingerprint density at radius 2 is 1.98 bits per heavy atom. The molecule has 0 spiro atoms. The van der Waals surface area contributed by atoms with E-state index < -0.39 is 41.1 Å². The maximum Gasteiger partial charge on any atom is 0.390 e. The molecule has 1 aliphatic rings. The third-order valence-corrected chi connectivity index (χ3v) is 8.49. The van der Waals surface area contributed by atoms with Crippen LogP contribution in [0.1, 0.15) is 34.7 Å². The minimum absolute atomic E-state index is 0.0267. The van der Waals surface area contributed by atoms with Crippen molar-refractivity contribution >= 4 is 27.6 Å². The molecule has 4 rings (SSSR count). The molecule has 0 saturated carbocycles. The molecule has 0 aliphatic carbocycles. The van der Waals surface area contributed by atoms with Gasteiger partial charge in [-0.2, -0.15) is 27.4 Å². The van der Waals surface area contributed by atoms with Crippen LogP contribution < -0.4 is 5.32 Å². The van der Waals surface area contributed by atoms with Crippen molar-refractivity contribution in [2.24, 2.45) is 7.05 Å². The van der Waals surface area contributed by atoms with Crippen molar-refractivity contribution in [3.8, 4) is 0 Å². The molecular weight excluding hydrogens is 554 g/mol. The Bertz CT molecular complexity index is 1490. The molecule has 3 N–H and O–H groups in total. The van der Waals surface area contributed by atoms with Gasteiger partial charge in [0.05, 0.1) is 19.2 Å². The van der Waals surface area contributed by atoms with Gasteiger partial charge in [0.25, 0.3) is 10.0 Å². The van der Waals surface area contributed by atoms with Crippen LogP contribution in [0.4, 0.5) is 28.9 Å². The van der Waals surface area contributed by atoms with E-state index in [1.807, 2.05) is 0 Å². The van der Waals surface area contributed by atoms with Crippen LogP contribution in [0.25, 0.3) is 0 Å². The number of nitrogens with one attached hydrogen (secondary N) is 2. The number of anilines is 2. The second-order valence-electron chi connectivity index (χ2n) is 9.48. The lowest BCUT2D eigenvalue weighted by atomic mass is 9.94. The van der Waals surface area contributed by atoms with Crippen LogP contribution in [0.3, 0.4) is 0 Å². The molecule has 15 heteroatoms. The molecule has 0 amide bonds. The number of alkyl halides is 3. The molecule has 1 atom stereocenters. The first kappa shape index (κ1) is 29.6. The molecule has 40 heavy (non-hydrogen) atoms. The number of rotatable bonds is 9. The maximum absolute atomic E-state index is 13.8. The van der Waals surface area contributed by atoms with Gasteiger partial charge in [-0.3, -0.25) is 4.90 Å². The lowest BCUT2D eigenvalue weighted by molar-refractivity contribution is -0.140. The Morgan fingerprint density at radius 1 is 1.23 bits per heavy atom. The van der Waals surface area contributed by atoms with Gasteiger partial charge < -0.3 is 15.8 Å². The van der Waals surface area contributed by atoms with E-state index in [0.717, 1.165) is 17.2 Å². The number of aliphatic hydroxyl groups excluding tert-OH is 1. The van der Waals surface area contributed by atoms with Crippen LogP contribution in [0.2, 0.25) is 0 Å². The first-order valence-corrected chi connectivity index (χ1v) is 13.7. The topological polar surface area (TPSA) is 127 Å². The maximum atomic E-state index is 13.8. The zero-order valence-electron chi connectivity index (χ0n) is 21.8. The number of aliphatic hydroxyl groups is 1. The summed E-state index contributed by atoms with van der Waals surface area (Å²) in [6.07, 6.45) is -3.26. The minimum Gasteiger partial charge on any atom is -0.392 e. The number of nitrogens with zero attached hydrogens (tertiary/aromatic N) is 5. The Labute approximate surface area is 228 Å². The van der Waals surface area contributed by atoms with Crippen molar-refractivity contribution in [1.82, 2.24) is 24.2 Å². The molecule has 3 aromatic rings. The van der Waals surface area contributed by atoms with Gasteiger partial charge in [0.1, 0.15) is 5.82 Å². The highest BCUT2D eigenvalue weighted by Crippen LogP contribution is 2.35. The standard InChI is InChI=1S/C25H29F4N7O3S/c1-16-9-22(32-19-3-4-21(26)18(10-19)15-37)17(12-30)11-20(16)23-14-36(8-7-35(23)6-5-25(27,28)29)40(38,39)24-13-31-34(2)33-24/h3-4,9-13,23,30,32,37H,5-8,14-15H2,1-2H3.